The Morgan fingerprint density at radius 2 is 2.00 bits per heavy atom. The van der Waals surface area contributed by atoms with Gasteiger partial charge >= 0.3 is 0 Å². The van der Waals surface area contributed by atoms with E-state index >= 15 is 0 Å². The second-order valence-corrected chi connectivity index (χ2v) is 7.31. The molecule has 0 bridgehead atoms. The van der Waals surface area contributed by atoms with Crippen LogP contribution in [0.4, 0.5) is 9.52 Å². The molecule has 0 spiro atoms. The van der Waals surface area contributed by atoms with Crippen molar-refractivity contribution in [3.8, 4) is 0 Å². The number of fused-ring (bicyclic) bond motifs is 2. The largest absolute Gasteiger partial charge is 0.450 e. The Labute approximate surface area is 161 Å². The van der Waals surface area contributed by atoms with Crippen molar-refractivity contribution in [3.05, 3.63) is 86.5 Å². The highest BCUT2D eigenvalue weighted by Crippen LogP contribution is 2.42. The van der Waals surface area contributed by atoms with E-state index in [2.05, 4.69) is 10.2 Å². The van der Waals surface area contributed by atoms with E-state index in [9.17, 15) is 14.0 Å². The molecule has 4 aromatic rings. The summed E-state index contributed by atoms with van der Waals surface area (Å²) in [6.45, 7) is 1.86. The van der Waals surface area contributed by atoms with Gasteiger partial charge in [0, 0.05) is 5.56 Å². The Bertz CT molecular complexity index is 1300. The molecule has 1 aliphatic heterocycles. The van der Waals surface area contributed by atoms with E-state index < -0.39 is 17.8 Å². The third kappa shape index (κ3) is 2.31. The van der Waals surface area contributed by atoms with Gasteiger partial charge in [0.2, 0.25) is 10.9 Å². The van der Waals surface area contributed by atoms with Gasteiger partial charge in [-0.1, -0.05) is 41.2 Å². The summed E-state index contributed by atoms with van der Waals surface area (Å²) in [7, 11) is 0. The minimum Gasteiger partial charge on any atom is -0.450 e. The number of halogens is 1. The molecule has 0 aliphatic carbocycles. The Morgan fingerprint density at radius 3 is 2.75 bits per heavy atom. The molecular formula is C20H12FN3O3S. The van der Waals surface area contributed by atoms with E-state index in [-0.39, 0.29) is 27.4 Å². The molecule has 0 fully saturated rings. The van der Waals surface area contributed by atoms with Crippen molar-refractivity contribution in [2.45, 2.75) is 13.0 Å². The third-order valence-electron chi connectivity index (χ3n) is 4.78. The molecule has 0 saturated carbocycles. The molecule has 1 aliphatic rings. The Kier molecular flexibility index (Phi) is 3.63. The van der Waals surface area contributed by atoms with Crippen molar-refractivity contribution >= 4 is 33.3 Å². The van der Waals surface area contributed by atoms with Gasteiger partial charge in [0.25, 0.3) is 5.91 Å². The lowest BCUT2D eigenvalue weighted by molar-refractivity contribution is 0.0970. The maximum Gasteiger partial charge on any atom is 0.297 e. The van der Waals surface area contributed by atoms with Crippen LogP contribution in [0.2, 0.25) is 0 Å². The average Bonchev–Trinajstić information content (AvgIpc) is 3.30. The predicted molar refractivity (Wildman–Crippen MR) is 102 cm³/mol. The molecule has 0 saturated heterocycles. The van der Waals surface area contributed by atoms with Crippen LogP contribution in [0, 0.1) is 12.7 Å². The molecule has 0 unspecified atom stereocenters. The van der Waals surface area contributed by atoms with E-state index in [0.29, 0.717) is 11.0 Å². The number of aryl methyl sites for hydroxylation is 1. The first-order chi connectivity index (χ1) is 13.6. The lowest BCUT2D eigenvalue weighted by Crippen LogP contribution is -2.30. The molecule has 0 N–H and O–H groups in total. The van der Waals surface area contributed by atoms with Crippen LogP contribution in [-0.2, 0) is 0 Å². The number of hydrogen-bond donors (Lipinski definition) is 0. The third-order valence-corrected chi connectivity index (χ3v) is 5.47. The smallest absolute Gasteiger partial charge is 0.297 e. The van der Waals surface area contributed by atoms with Crippen molar-refractivity contribution in [2.24, 2.45) is 0 Å². The standard InChI is InChI=1S/C20H12FN3O3S/c1-10-6-7-14-12(8-10)17(25)15-16(11-4-2-3-5-13(11)21)24(19(26)18(15)27-14)20-23-22-9-28-20/h2-9,16H,1H3/t16-/m1/s1. The monoisotopic (exact) mass is 393 g/mol. The predicted octanol–water partition coefficient (Wildman–Crippen LogP) is 3.84. The lowest BCUT2D eigenvalue weighted by atomic mass is 9.98. The summed E-state index contributed by atoms with van der Waals surface area (Å²) in [5.41, 5.74) is 2.63. The minimum absolute atomic E-state index is 0.0928. The first kappa shape index (κ1) is 16.8. The summed E-state index contributed by atoms with van der Waals surface area (Å²) in [6, 6.07) is 10.2. The van der Waals surface area contributed by atoms with E-state index in [4.69, 9.17) is 4.42 Å². The quantitative estimate of drug-likeness (QED) is 0.517. The van der Waals surface area contributed by atoms with Gasteiger partial charge < -0.3 is 4.42 Å². The number of carbonyl (C=O) groups excluding carboxylic acids is 1. The average molecular weight is 393 g/mol. The van der Waals surface area contributed by atoms with Crippen LogP contribution in [0.1, 0.15) is 33.3 Å². The summed E-state index contributed by atoms with van der Waals surface area (Å²) in [5, 5.41) is 8.36. The summed E-state index contributed by atoms with van der Waals surface area (Å²) in [5.74, 6) is -1.16. The highest BCUT2D eigenvalue weighted by atomic mass is 32.1. The van der Waals surface area contributed by atoms with E-state index in [1.54, 1.807) is 36.4 Å². The highest BCUT2D eigenvalue weighted by molar-refractivity contribution is 7.13. The number of hydrogen-bond acceptors (Lipinski definition) is 6. The zero-order valence-corrected chi connectivity index (χ0v) is 15.4. The Hall–Kier alpha value is -3.39. The molecule has 6 nitrogen and oxygen atoms in total. The zero-order valence-electron chi connectivity index (χ0n) is 14.5. The summed E-state index contributed by atoms with van der Waals surface area (Å²) >= 11 is 1.13. The first-order valence-corrected chi connectivity index (χ1v) is 9.35. The fraction of sp³-hybridized carbons (Fsp3) is 0.100. The SMILES string of the molecule is Cc1ccc2oc3c(c(=O)c2c1)[C@@H](c1ccccc1F)N(c1nncs1)C3=O. The topological polar surface area (TPSA) is 76.3 Å². The van der Waals surface area contributed by atoms with E-state index in [1.807, 2.05) is 6.92 Å². The van der Waals surface area contributed by atoms with Gasteiger partial charge in [0.15, 0.2) is 5.43 Å². The summed E-state index contributed by atoms with van der Waals surface area (Å²) < 4.78 is 20.5. The first-order valence-electron chi connectivity index (χ1n) is 8.48. The molecule has 0 radical (unpaired) electrons. The number of benzene rings is 2. The van der Waals surface area contributed by atoms with Crippen LogP contribution in [0.25, 0.3) is 11.0 Å². The van der Waals surface area contributed by atoms with Crippen LogP contribution >= 0.6 is 11.3 Å². The maximum atomic E-state index is 14.7. The highest BCUT2D eigenvalue weighted by Gasteiger charge is 2.45. The Morgan fingerprint density at radius 1 is 1.18 bits per heavy atom. The van der Waals surface area contributed by atoms with Gasteiger partial charge in [-0.2, -0.15) is 0 Å². The second kappa shape index (κ2) is 6.07. The number of aromatic nitrogens is 2. The minimum atomic E-state index is -0.974. The normalized spacial score (nSPS) is 16.0. The molecule has 1 amide bonds. The number of rotatable bonds is 2. The van der Waals surface area contributed by atoms with Crippen molar-refractivity contribution in [3.63, 3.8) is 0 Å². The van der Waals surface area contributed by atoms with Gasteiger partial charge in [0.05, 0.1) is 10.9 Å². The molecule has 2 aromatic heterocycles. The van der Waals surface area contributed by atoms with Gasteiger partial charge in [0.1, 0.15) is 23.0 Å². The summed E-state index contributed by atoms with van der Waals surface area (Å²) in [4.78, 5) is 27.8. The van der Waals surface area contributed by atoms with Gasteiger partial charge in [-0.25, -0.2) is 4.39 Å². The van der Waals surface area contributed by atoms with Crippen molar-refractivity contribution in [1.82, 2.24) is 10.2 Å². The molecule has 28 heavy (non-hydrogen) atoms. The maximum absolute atomic E-state index is 14.7. The molecule has 1 atom stereocenters. The molecule has 3 heterocycles. The van der Waals surface area contributed by atoms with Crippen molar-refractivity contribution in [2.75, 3.05) is 4.90 Å². The lowest BCUT2D eigenvalue weighted by Gasteiger charge is -2.22. The summed E-state index contributed by atoms with van der Waals surface area (Å²) in [6.07, 6.45) is 0. The van der Waals surface area contributed by atoms with Crippen molar-refractivity contribution in [1.29, 1.82) is 0 Å². The van der Waals surface area contributed by atoms with Crippen molar-refractivity contribution < 1.29 is 13.6 Å². The fourth-order valence-corrected chi connectivity index (χ4v) is 4.13. The zero-order chi connectivity index (χ0) is 19.4. The Balaban J connectivity index is 1.87. The second-order valence-electron chi connectivity index (χ2n) is 6.49. The number of nitrogens with zero attached hydrogens (tertiary/aromatic N) is 3. The van der Waals surface area contributed by atoms with Gasteiger partial charge in [-0.3, -0.25) is 14.5 Å². The van der Waals surface area contributed by atoms with Gasteiger partial charge in [-0.05, 0) is 25.1 Å². The number of anilines is 1. The molecule has 8 heteroatoms. The van der Waals surface area contributed by atoms with Gasteiger partial charge in [-0.15, -0.1) is 10.2 Å². The van der Waals surface area contributed by atoms with E-state index in [1.165, 1.54) is 16.5 Å². The van der Waals surface area contributed by atoms with Crippen LogP contribution in [0.15, 0.2) is 57.2 Å². The van der Waals surface area contributed by atoms with E-state index in [0.717, 1.165) is 16.9 Å². The molecular weight excluding hydrogens is 381 g/mol. The van der Waals surface area contributed by atoms with Crippen LogP contribution in [0.5, 0.6) is 0 Å². The van der Waals surface area contributed by atoms with Crippen LogP contribution in [-0.4, -0.2) is 16.1 Å². The molecule has 138 valence electrons. The molecule has 2 aromatic carbocycles. The number of amides is 1. The van der Waals surface area contributed by atoms with Crippen LogP contribution in [0.3, 0.4) is 0 Å². The van der Waals surface area contributed by atoms with Crippen LogP contribution < -0.4 is 10.3 Å². The fourth-order valence-electron chi connectivity index (χ4n) is 3.55. The molecule has 5 rings (SSSR count). The number of carbonyl (C=O) groups is 1.